The number of carbonyl (C=O) groups is 2. The molecule has 1 amide bonds. The number of nitrogens with zero attached hydrogens (tertiary/aromatic N) is 1. The molecule has 5 nitrogen and oxygen atoms in total. The number of hydrogen-bond donors (Lipinski definition) is 2. The summed E-state index contributed by atoms with van der Waals surface area (Å²) in [4.78, 5) is 25.4. The van der Waals surface area contributed by atoms with E-state index < -0.39 is 36.4 Å². The predicted octanol–water partition coefficient (Wildman–Crippen LogP) is 4.41. The molecule has 0 radical (unpaired) electrons. The highest BCUT2D eigenvalue weighted by Crippen LogP contribution is 2.34. The number of likely N-dealkylation sites (tertiary alicyclic amines) is 1. The summed E-state index contributed by atoms with van der Waals surface area (Å²) in [6, 6.07) is 12.1. The van der Waals surface area contributed by atoms with Crippen molar-refractivity contribution in [2.75, 3.05) is 6.54 Å². The fourth-order valence-electron chi connectivity index (χ4n) is 3.85. The summed E-state index contributed by atoms with van der Waals surface area (Å²) in [5.41, 5.74) is 1.08. The first-order valence-electron chi connectivity index (χ1n) is 10.6. The molecule has 2 N–H and O–H groups in total. The quantitative estimate of drug-likeness (QED) is 0.512. The average molecular weight is 464 g/mol. The second kappa shape index (κ2) is 10.4. The van der Waals surface area contributed by atoms with Gasteiger partial charge in [-0.05, 0) is 42.9 Å². The van der Waals surface area contributed by atoms with Crippen molar-refractivity contribution in [3.63, 3.8) is 0 Å². The van der Waals surface area contributed by atoms with Gasteiger partial charge < -0.3 is 15.1 Å². The lowest BCUT2D eigenvalue weighted by Crippen LogP contribution is -2.37. The van der Waals surface area contributed by atoms with Gasteiger partial charge in [-0.2, -0.15) is 8.78 Å². The first kappa shape index (κ1) is 24.1. The second-order valence-electron chi connectivity index (χ2n) is 8.19. The fourth-order valence-corrected chi connectivity index (χ4v) is 4.74. The monoisotopic (exact) mass is 463 g/mol. The molecule has 1 aromatic carbocycles. The number of aromatic carboxylic acids is 1. The summed E-state index contributed by atoms with van der Waals surface area (Å²) in [5.74, 6) is -5.73. The Hall–Kier alpha value is -2.58. The number of carboxylic acids is 1. The maximum Gasteiger partial charge on any atom is 0.345 e. The van der Waals surface area contributed by atoms with Crippen molar-refractivity contribution in [3.05, 3.63) is 69.9 Å². The summed E-state index contributed by atoms with van der Waals surface area (Å²) in [5, 5.41) is 19.5. The highest BCUT2D eigenvalue weighted by Gasteiger charge is 2.52. The highest BCUT2D eigenvalue weighted by atomic mass is 32.1. The summed E-state index contributed by atoms with van der Waals surface area (Å²) >= 11 is 1.14. The minimum Gasteiger partial charge on any atom is -0.477 e. The molecule has 2 aromatic rings. The molecule has 0 aliphatic carbocycles. The Morgan fingerprint density at radius 3 is 2.66 bits per heavy atom. The third kappa shape index (κ3) is 6.01. The van der Waals surface area contributed by atoms with E-state index in [4.69, 9.17) is 5.11 Å². The normalized spacial score (nSPS) is 20.1. The number of alkyl halides is 2. The fraction of sp³-hybridized carbons (Fsp3) is 0.417. The Balaban J connectivity index is 1.59. The van der Waals surface area contributed by atoms with Crippen molar-refractivity contribution in [2.45, 2.75) is 50.7 Å². The SMILES string of the molecule is C[C@@H](Cc1ccccc1)[C@@H](O)C=CC1CC(F)(F)C(=O)N1CCCc1ccc(C(=O)O)s1. The lowest BCUT2D eigenvalue weighted by atomic mass is 9.95. The Labute approximate surface area is 190 Å². The molecule has 32 heavy (non-hydrogen) atoms. The lowest BCUT2D eigenvalue weighted by molar-refractivity contribution is -0.148. The number of halogens is 2. The van der Waals surface area contributed by atoms with E-state index in [1.807, 2.05) is 37.3 Å². The van der Waals surface area contributed by atoms with E-state index in [9.17, 15) is 23.5 Å². The molecule has 3 rings (SSSR count). The first-order valence-corrected chi connectivity index (χ1v) is 11.4. The summed E-state index contributed by atoms with van der Waals surface area (Å²) < 4.78 is 28.2. The van der Waals surface area contributed by atoms with E-state index in [0.29, 0.717) is 19.3 Å². The number of aliphatic hydroxyl groups is 1. The standard InChI is InChI=1S/C24H27F2NO4S/c1-16(14-17-6-3-2-4-7-17)20(28)11-9-18-15-24(25,26)23(31)27(18)13-5-8-19-10-12-21(32-19)22(29)30/h2-4,6-7,9-12,16,18,20,28H,5,8,13-15H2,1H3,(H,29,30)/t16-,18?,20-/m0/s1. The van der Waals surface area contributed by atoms with Crippen LogP contribution in [0.3, 0.4) is 0 Å². The van der Waals surface area contributed by atoms with Crippen LogP contribution in [0.2, 0.25) is 0 Å². The van der Waals surface area contributed by atoms with Crippen LogP contribution >= 0.6 is 11.3 Å². The first-order chi connectivity index (χ1) is 15.2. The smallest absolute Gasteiger partial charge is 0.345 e. The molecular formula is C24H27F2NO4S. The molecule has 1 unspecified atom stereocenters. The summed E-state index contributed by atoms with van der Waals surface area (Å²) in [6.07, 6.45) is 3.19. The van der Waals surface area contributed by atoms with Crippen LogP contribution in [0.5, 0.6) is 0 Å². The summed E-state index contributed by atoms with van der Waals surface area (Å²) in [7, 11) is 0. The molecule has 2 heterocycles. The van der Waals surface area contributed by atoms with Crippen LogP contribution < -0.4 is 0 Å². The molecule has 0 bridgehead atoms. The average Bonchev–Trinajstić information content (AvgIpc) is 3.31. The zero-order valence-corrected chi connectivity index (χ0v) is 18.6. The molecular weight excluding hydrogens is 436 g/mol. The molecule has 0 saturated carbocycles. The minimum atomic E-state index is -3.42. The van der Waals surface area contributed by atoms with E-state index in [1.54, 1.807) is 6.07 Å². The predicted molar refractivity (Wildman–Crippen MR) is 119 cm³/mol. The Bertz CT molecular complexity index is 960. The van der Waals surface area contributed by atoms with Crippen LogP contribution in [0.25, 0.3) is 0 Å². The van der Waals surface area contributed by atoms with Gasteiger partial charge in [0.2, 0.25) is 0 Å². The molecule has 8 heteroatoms. The van der Waals surface area contributed by atoms with Crippen LogP contribution in [0.4, 0.5) is 8.78 Å². The summed E-state index contributed by atoms with van der Waals surface area (Å²) in [6.45, 7) is 2.03. The van der Waals surface area contributed by atoms with E-state index >= 15 is 0 Å². The van der Waals surface area contributed by atoms with Crippen molar-refractivity contribution in [1.29, 1.82) is 0 Å². The Morgan fingerprint density at radius 2 is 2.00 bits per heavy atom. The zero-order valence-electron chi connectivity index (χ0n) is 17.8. The number of rotatable bonds is 10. The van der Waals surface area contributed by atoms with Gasteiger partial charge in [-0.1, -0.05) is 49.4 Å². The topological polar surface area (TPSA) is 77.8 Å². The van der Waals surface area contributed by atoms with Gasteiger partial charge in [-0.25, -0.2) is 4.79 Å². The number of carbonyl (C=O) groups excluding carboxylic acids is 1. The van der Waals surface area contributed by atoms with Gasteiger partial charge >= 0.3 is 11.9 Å². The number of aliphatic hydroxyl groups excluding tert-OH is 1. The van der Waals surface area contributed by atoms with Crippen molar-refractivity contribution in [3.8, 4) is 0 Å². The maximum atomic E-state index is 14.1. The molecule has 172 valence electrons. The van der Waals surface area contributed by atoms with Crippen LogP contribution in [0, 0.1) is 5.92 Å². The Morgan fingerprint density at radius 1 is 1.28 bits per heavy atom. The number of aryl methyl sites for hydroxylation is 1. The molecule has 3 atom stereocenters. The van der Waals surface area contributed by atoms with Gasteiger partial charge in [0.15, 0.2) is 0 Å². The van der Waals surface area contributed by atoms with Gasteiger partial charge in [-0.15, -0.1) is 11.3 Å². The van der Waals surface area contributed by atoms with Gasteiger partial charge in [-0.3, -0.25) is 4.79 Å². The van der Waals surface area contributed by atoms with E-state index in [0.717, 1.165) is 26.7 Å². The number of amides is 1. The van der Waals surface area contributed by atoms with Gasteiger partial charge in [0.05, 0.1) is 12.1 Å². The second-order valence-corrected chi connectivity index (χ2v) is 9.36. The molecule has 0 spiro atoms. The van der Waals surface area contributed by atoms with Gasteiger partial charge in [0.1, 0.15) is 4.88 Å². The van der Waals surface area contributed by atoms with Crippen molar-refractivity contribution in [2.24, 2.45) is 5.92 Å². The van der Waals surface area contributed by atoms with Gasteiger partial charge in [0, 0.05) is 17.8 Å². The van der Waals surface area contributed by atoms with E-state index in [1.165, 1.54) is 18.2 Å². The number of thiophene rings is 1. The van der Waals surface area contributed by atoms with Crippen molar-refractivity contribution >= 4 is 23.2 Å². The number of hydrogen-bond acceptors (Lipinski definition) is 4. The van der Waals surface area contributed by atoms with Crippen LogP contribution in [-0.2, 0) is 17.6 Å². The van der Waals surface area contributed by atoms with Crippen LogP contribution in [-0.4, -0.2) is 51.6 Å². The molecule has 1 fully saturated rings. The van der Waals surface area contributed by atoms with Gasteiger partial charge in [0.25, 0.3) is 5.91 Å². The van der Waals surface area contributed by atoms with Crippen molar-refractivity contribution < 1.29 is 28.6 Å². The molecule has 1 saturated heterocycles. The van der Waals surface area contributed by atoms with E-state index in [-0.39, 0.29) is 17.3 Å². The lowest BCUT2D eigenvalue weighted by Gasteiger charge is -2.22. The third-order valence-electron chi connectivity index (χ3n) is 5.65. The third-order valence-corrected chi connectivity index (χ3v) is 6.78. The Kier molecular flexibility index (Phi) is 7.79. The number of benzene rings is 1. The molecule has 1 aliphatic heterocycles. The maximum absolute atomic E-state index is 14.1. The minimum absolute atomic E-state index is 0.109. The van der Waals surface area contributed by atoms with E-state index in [2.05, 4.69) is 0 Å². The molecule has 1 aromatic heterocycles. The van der Waals surface area contributed by atoms with Crippen LogP contribution in [0.15, 0.2) is 54.6 Å². The largest absolute Gasteiger partial charge is 0.477 e. The van der Waals surface area contributed by atoms with Crippen LogP contribution in [0.1, 0.15) is 39.9 Å². The highest BCUT2D eigenvalue weighted by molar-refractivity contribution is 7.13. The molecule has 1 aliphatic rings. The zero-order chi connectivity index (χ0) is 23.3. The number of carboxylic acid groups (broad SMARTS) is 1. The van der Waals surface area contributed by atoms with Crippen molar-refractivity contribution in [1.82, 2.24) is 4.90 Å².